The van der Waals surface area contributed by atoms with Crippen LogP contribution >= 0.6 is 11.6 Å². The molecule has 1 aromatic heterocycles. The number of hydrogen-bond acceptors (Lipinski definition) is 4. The number of hydrogen-bond donors (Lipinski definition) is 0. The summed E-state index contributed by atoms with van der Waals surface area (Å²) in [5, 5.41) is 0.202. The lowest BCUT2D eigenvalue weighted by Crippen LogP contribution is -2.27. The Morgan fingerprint density at radius 2 is 2.33 bits per heavy atom. The van der Waals surface area contributed by atoms with Gasteiger partial charge in [0, 0.05) is 12.6 Å². The number of nitrogens with zero attached hydrogens (tertiary/aromatic N) is 3. The molecule has 1 fully saturated rings. The molecule has 0 saturated carbocycles. The lowest BCUT2D eigenvalue weighted by atomic mass is 10.2. The van der Waals surface area contributed by atoms with Crippen molar-refractivity contribution in [1.82, 2.24) is 9.97 Å². The molecule has 82 valence electrons. The lowest BCUT2D eigenvalue weighted by molar-refractivity contribution is 0.395. The van der Waals surface area contributed by atoms with Gasteiger partial charge in [-0.25, -0.2) is 0 Å². The van der Waals surface area contributed by atoms with E-state index in [1.54, 1.807) is 19.5 Å². The van der Waals surface area contributed by atoms with Crippen LogP contribution in [0.4, 0.5) is 5.82 Å². The predicted octanol–water partition coefficient (Wildman–Crippen LogP) is 1.69. The van der Waals surface area contributed by atoms with E-state index < -0.39 is 0 Å². The summed E-state index contributed by atoms with van der Waals surface area (Å²) < 4.78 is 5.04. The number of anilines is 1. The highest BCUT2D eigenvalue weighted by Gasteiger charge is 2.28. The molecule has 0 amide bonds. The molecule has 1 aromatic rings. The van der Waals surface area contributed by atoms with Gasteiger partial charge in [-0.2, -0.15) is 4.98 Å². The number of rotatable bonds is 2. The van der Waals surface area contributed by atoms with Crippen LogP contribution < -0.4 is 9.64 Å². The molecule has 2 heterocycles. The molecule has 15 heavy (non-hydrogen) atoms. The van der Waals surface area contributed by atoms with Gasteiger partial charge in [0.2, 0.25) is 5.88 Å². The van der Waals surface area contributed by atoms with Crippen molar-refractivity contribution in [2.24, 2.45) is 0 Å². The fraction of sp³-hybridized carbons (Fsp3) is 0.600. The van der Waals surface area contributed by atoms with Gasteiger partial charge >= 0.3 is 0 Å². The number of alkyl halides is 1. The molecule has 5 heteroatoms. The van der Waals surface area contributed by atoms with Gasteiger partial charge in [-0.15, -0.1) is 11.6 Å². The van der Waals surface area contributed by atoms with Crippen molar-refractivity contribution in [2.75, 3.05) is 18.6 Å². The summed E-state index contributed by atoms with van der Waals surface area (Å²) in [6, 6.07) is 0.411. The van der Waals surface area contributed by atoms with Gasteiger partial charge in [0.05, 0.1) is 24.9 Å². The Bertz CT molecular complexity index is 347. The van der Waals surface area contributed by atoms with Crippen molar-refractivity contribution in [3.63, 3.8) is 0 Å². The molecule has 4 nitrogen and oxygen atoms in total. The molecule has 1 aliphatic rings. The summed E-state index contributed by atoms with van der Waals surface area (Å²) in [6.45, 7) is 2.97. The van der Waals surface area contributed by atoms with E-state index in [-0.39, 0.29) is 5.38 Å². The number of ether oxygens (including phenoxy) is 1. The number of methoxy groups -OCH3 is 1. The van der Waals surface area contributed by atoms with Crippen molar-refractivity contribution < 1.29 is 4.74 Å². The topological polar surface area (TPSA) is 38.2 Å². The highest BCUT2D eigenvalue weighted by atomic mass is 35.5. The fourth-order valence-corrected chi connectivity index (χ4v) is 2.27. The maximum atomic E-state index is 6.10. The summed E-state index contributed by atoms with van der Waals surface area (Å²) in [5.74, 6) is 1.38. The van der Waals surface area contributed by atoms with E-state index in [0.29, 0.717) is 11.9 Å². The standard InChI is InChI=1S/C10H14ClN3O/c1-7-3-8(11)6-14(7)9-4-12-5-10(13-9)15-2/h4-5,7-8H,3,6H2,1-2H3. The Hall–Kier alpha value is -1.03. The average Bonchev–Trinajstić information content (AvgIpc) is 2.58. The monoisotopic (exact) mass is 227 g/mol. The second kappa shape index (κ2) is 4.23. The summed E-state index contributed by atoms with van der Waals surface area (Å²) in [4.78, 5) is 10.6. The van der Waals surface area contributed by atoms with E-state index in [9.17, 15) is 0 Å². The zero-order valence-corrected chi connectivity index (χ0v) is 9.61. The van der Waals surface area contributed by atoms with Crippen molar-refractivity contribution in [2.45, 2.75) is 24.8 Å². The quantitative estimate of drug-likeness (QED) is 0.721. The second-order valence-electron chi connectivity index (χ2n) is 3.75. The van der Waals surface area contributed by atoms with Crippen molar-refractivity contribution >= 4 is 17.4 Å². The van der Waals surface area contributed by atoms with Crippen LogP contribution in [0.3, 0.4) is 0 Å². The number of aromatic nitrogens is 2. The first-order chi connectivity index (χ1) is 7.20. The largest absolute Gasteiger partial charge is 0.480 e. The third kappa shape index (κ3) is 2.15. The molecule has 0 spiro atoms. The van der Waals surface area contributed by atoms with Crippen LogP contribution in [-0.2, 0) is 0 Å². The van der Waals surface area contributed by atoms with Gasteiger partial charge in [-0.3, -0.25) is 4.98 Å². The summed E-state index contributed by atoms with van der Waals surface area (Å²) in [5.41, 5.74) is 0. The van der Waals surface area contributed by atoms with E-state index in [1.807, 2.05) is 0 Å². The molecule has 0 N–H and O–H groups in total. The molecular weight excluding hydrogens is 214 g/mol. The molecule has 0 aliphatic carbocycles. The van der Waals surface area contributed by atoms with Crippen LogP contribution in [0.2, 0.25) is 0 Å². The number of halogens is 1. The molecule has 1 saturated heterocycles. The third-order valence-electron chi connectivity index (χ3n) is 2.63. The molecule has 2 rings (SSSR count). The van der Waals surface area contributed by atoms with Crippen molar-refractivity contribution in [1.29, 1.82) is 0 Å². The Balaban J connectivity index is 2.21. The van der Waals surface area contributed by atoms with Crippen LogP contribution in [0.15, 0.2) is 12.4 Å². The van der Waals surface area contributed by atoms with E-state index >= 15 is 0 Å². The zero-order valence-electron chi connectivity index (χ0n) is 8.85. The van der Waals surface area contributed by atoms with Gasteiger partial charge in [0.15, 0.2) is 5.82 Å². The predicted molar refractivity (Wildman–Crippen MR) is 59.7 cm³/mol. The van der Waals surface area contributed by atoms with Gasteiger partial charge in [-0.05, 0) is 13.3 Å². The maximum absolute atomic E-state index is 6.10. The fourth-order valence-electron chi connectivity index (χ4n) is 1.86. The molecule has 2 atom stereocenters. The van der Waals surface area contributed by atoms with Crippen molar-refractivity contribution in [3.05, 3.63) is 12.4 Å². The van der Waals surface area contributed by atoms with E-state index in [1.165, 1.54) is 0 Å². The van der Waals surface area contributed by atoms with Gasteiger partial charge < -0.3 is 9.64 Å². The van der Waals surface area contributed by atoms with E-state index in [4.69, 9.17) is 16.3 Å². The Morgan fingerprint density at radius 3 is 2.93 bits per heavy atom. The van der Waals surface area contributed by atoms with Gasteiger partial charge in [-0.1, -0.05) is 0 Å². The average molecular weight is 228 g/mol. The molecule has 0 radical (unpaired) electrons. The maximum Gasteiger partial charge on any atom is 0.233 e. The highest BCUT2D eigenvalue weighted by Crippen LogP contribution is 2.26. The minimum atomic E-state index is 0.202. The molecular formula is C10H14ClN3O. The second-order valence-corrected chi connectivity index (χ2v) is 4.37. The van der Waals surface area contributed by atoms with Crippen molar-refractivity contribution in [3.8, 4) is 5.88 Å². The smallest absolute Gasteiger partial charge is 0.233 e. The lowest BCUT2D eigenvalue weighted by Gasteiger charge is -2.21. The zero-order chi connectivity index (χ0) is 10.8. The van der Waals surface area contributed by atoms with Crippen LogP contribution in [0, 0.1) is 0 Å². The van der Waals surface area contributed by atoms with Crippen LogP contribution in [-0.4, -0.2) is 35.0 Å². The summed E-state index contributed by atoms with van der Waals surface area (Å²) >= 11 is 6.10. The Labute approximate surface area is 94.2 Å². The van der Waals surface area contributed by atoms with E-state index in [2.05, 4.69) is 21.8 Å². The normalized spacial score (nSPS) is 25.7. The SMILES string of the molecule is COc1cncc(N2CC(Cl)CC2C)n1. The van der Waals surface area contributed by atoms with Crippen LogP contribution in [0.1, 0.15) is 13.3 Å². The first kappa shape index (κ1) is 10.5. The van der Waals surface area contributed by atoms with E-state index in [0.717, 1.165) is 18.8 Å². The molecule has 1 aliphatic heterocycles. The molecule has 0 bridgehead atoms. The highest BCUT2D eigenvalue weighted by molar-refractivity contribution is 6.21. The summed E-state index contributed by atoms with van der Waals surface area (Å²) in [6.07, 6.45) is 4.33. The van der Waals surface area contributed by atoms with Crippen LogP contribution in [0.25, 0.3) is 0 Å². The van der Waals surface area contributed by atoms with Gasteiger partial charge in [0.25, 0.3) is 0 Å². The first-order valence-corrected chi connectivity index (χ1v) is 5.41. The summed E-state index contributed by atoms with van der Waals surface area (Å²) in [7, 11) is 1.59. The Kier molecular flexibility index (Phi) is 2.95. The minimum absolute atomic E-state index is 0.202. The molecule has 0 aromatic carbocycles. The van der Waals surface area contributed by atoms with Gasteiger partial charge in [0.1, 0.15) is 0 Å². The van der Waals surface area contributed by atoms with Crippen LogP contribution in [0.5, 0.6) is 5.88 Å². The minimum Gasteiger partial charge on any atom is -0.480 e. The first-order valence-electron chi connectivity index (χ1n) is 4.97. The molecule has 2 unspecified atom stereocenters. The third-order valence-corrected chi connectivity index (χ3v) is 2.94. The Morgan fingerprint density at radius 1 is 1.53 bits per heavy atom.